The van der Waals surface area contributed by atoms with E-state index in [0.717, 1.165) is 0 Å². The molecule has 2 aromatic carbocycles. The maximum atomic E-state index is 12.3. The fourth-order valence-corrected chi connectivity index (χ4v) is 3.13. The van der Waals surface area contributed by atoms with Gasteiger partial charge < -0.3 is 5.73 Å². The first-order valence-electron chi connectivity index (χ1n) is 4.87. The summed E-state index contributed by atoms with van der Waals surface area (Å²) in [6, 6.07) is 12.5. The van der Waals surface area contributed by atoms with Crippen LogP contribution in [0.5, 0.6) is 0 Å². The number of hydrogen-bond donors (Lipinski definition) is 1. The Balaban J connectivity index is 2.64. The van der Waals surface area contributed by atoms with Gasteiger partial charge in [0.15, 0.2) is 0 Å². The maximum Gasteiger partial charge on any atom is 0.208 e. The number of anilines is 1. The van der Waals surface area contributed by atoms with Gasteiger partial charge in [-0.05, 0) is 30.3 Å². The molecular formula is C12H10ClNO2S. The molecular weight excluding hydrogens is 258 g/mol. The molecule has 2 N–H and O–H groups in total. The molecule has 0 aliphatic rings. The van der Waals surface area contributed by atoms with E-state index < -0.39 is 9.84 Å². The van der Waals surface area contributed by atoms with E-state index in [-0.39, 0.29) is 15.5 Å². The van der Waals surface area contributed by atoms with Crippen LogP contribution < -0.4 is 5.73 Å². The lowest BCUT2D eigenvalue weighted by atomic mass is 10.3. The SMILES string of the molecule is Nc1ccc(Cl)cc1S(=O)(=O)c1ccccc1. The Morgan fingerprint density at radius 3 is 2.29 bits per heavy atom. The first-order chi connectivity index (χ1) is 8.01. The zero-order chi connectivity index (χ0) is 12.5. The van der Waals surface area contributed by atoms with Gasteiger partial charge in [0.2, 0.25) is 9.84 Å². The topological polar surface area (TPSA) is 60.2 Å². The van der Waals surface area contributed by atoms with E-state index in [9.17, 15) is 8.42 Å². The Morgan fingerprint density at radius 1 is 1.00 bits per heavy atom. The molecule has 2 aromatic rings. The van der Waals surface area contributed by atoms with Crippen LogP contribution in [0.25, 0.3) is 0 Å². The normalized spacial score (nSPS) is 11.4. The number of rotatable bonds is 2. The predicted molar refractivity (Wildman–Crippen MR) is 67.8 cm³/mol. The van der Waals surface area contributed by atoms with Gasteiger partial charge in [0.1, 0.15) is 0 Å². The summed E-state index contributed by atoms with van der Waals surface area (Å²) >= 11 is 5.79. The third-order valence-electron chi connectivity index (χ3n) is 2.32. The second kappa shape index (κ2) is 4.39. The van der Waals surface area contributed by atoms with Crippen molar-refractivity contribution in [2.45, 2.75) is 9.79 Å². The maximum absolute atomic E-state index is 12.3. The van der Waals surface area contributed by atoms with Gasteiger partial charge in [0.25, 0.3) is 0 Å². The second-order valence-corrected chi connectivity index (χ2v) is 5.85. The Labute approximate surface area is 105 Å². The molecule has 0 aliphatic heterocycles. The standard InChI is InChI=1S/C12H10ClNO2S/c13-9-6-7-11(14)12(8-9)17(15,16)10-4-2-1-3-5-10/h1-8H,14H2. The van der Waals surface area contributed by atoms with Crippen LogP contribution in [0.2, 0.25) is 5.02 Å². The molecule has 5 heteroatoms. The summed E-state index contributed by atoms with van der Waals surface area (Å²) in [6.45, 7) is 0. The highest BCUT2D eigenvalue weighted by atomic mass is 35.5. The summed E-state index contributed by atoms with van der Waals surface area (Å²) < 4.78 is 24.5. The average molecular weight is 268 g/mol. The lowest BCUT2D eigenvalue weighted by Gasteiger charge is -2.07. The Bertz CT molecular complexity index is 639. The third-order valence-corrected chi connectivity index (χ3v) is 4.38. The summed E-state index contributed by atoms with van der Waals surface area (Å²) in [5.41, 5.74) is 5.87. The molecule has 0 unspecified atom stereocenters. The zero-order valence-electron chi connectivity index (χ0n) is 8.80. The van der Waals surface area contributed by atoms with Crippen LogP contribution in [0.15, 0.2) is 58.3 Å². The van der Waals surface area contributed by atoms with Crippen molar-refractivity contribution in [1.29, 1.82) is 0 Å². The van der Waals surface area contributed by atoms with Crippen LogP contribution in [-0.2, 0) is 9.84 Å². The van der Waals surface area contributed by atoms with E-state index in [2.05, 4.69) is 0 Å². The number of nitrogens with two attached hydrogens (primary N) is 1. The van der Waals surface area contributed by atoms with Gasteiger partial charge in [-0.25, -0.2) is 8.42 Å². The van der Waals surface area contributed by atoms with Gasteiger partial charge in [-0.3, -0.25) is 0 Å². The number of halogens is 1. The molecule has 0 radical (unpaired) electrons. The monoisotopic (exact) mass is 267 g/mol. The third kappa shape index (κ3) is 2.28. The van der Waals surface area contributed by atoms with Gasteiger partial charge in [-0.2, -0.15) is 0 Å². The number of sulfone groups is 1. The zero-order valence-corrected chi connectivity index (χ0v) is 10.4. The minimum absolute atomic E-state index is 0.0381. The molecule has 0 amide bonds. The lowest BCUT2D eigenvalue weighted by molar-refractivity contribution is 0.596. The molecule has 0 atom stereocenters. The van der Waals surface area contributed by atoms with Crippen molar-refractivity contribution in [3.05, 3.63) is 53.6 Å². The summed E-state index contributed by atoms with van der Waals surface area (Å²) in [4.78, 5) is 0.241. The molecule has 17 heavy (non-hydrogen) atoms. The average Bonchev–Trinajstić information content (AvgIpc) is 2.33. The van der Waals surface area contributed by atoms with E-state index in [4.69, 9.17) is 17.3 Å². The van der Waals surface area contributed by atoms with Crippen molar-refractivity contribution < 1.29 is 8.42 Å². The summed E-state index contributed by atoms with van der Waals surface area (Å²) in [5.74, 6) is 0. The van der Waals surface area contributed by atoms with Crippen LogP contribution in [0.1, 0.15) is 0 Å². The van der Waals surface area contributed by atoms with Gasteiger partial charge in [-0.15, -0.1) is 0 Å². The molecule has 0 aliphatic carbocycles. The molecule has 88 valence electrons. The fourth-order valence-electron chi connectivity index (χ4n) is 1.47. The highest BCUT2D eigenvalue weighted by Gasteiger charge is 2.20. The number of hydrogen-bond acceptors (Lipinski definition) is 3. The van der Waals surface area contributed by atoms with Crippen LogP contribution in [0.4, 0.5) is 5.69 Å². The predicted octanol–water partition coefficient (Wildman–Crippen LogP) is 2.76. The van der Waals surface area contributed by atoms with Crippen LogP contribution >= 0.6 is 11.6 Å². The molecule has 0 spiro atoms. The highest BCUT2D eigenvalue weighted by Crippen LogP contribution is 2.28. The minimum atomic E-state index is -3.60. The van der Waals surface area contributed by atoms with Crippen molar-refractivity contribution in [3.63, 3.8) is 0 Å². The fraction of sp³-hybridized carbons (Fsp3) is 0. The molecule has 0 fully saturated rings. The van der Waals surface area contributed by atoms with Crippen molar-refractivity contribution in [2.24, 2.45) is 0 Å². The molecule has 0 heterocycles. The summed E-state index contributed by atoms with van der Waals surface area (Å²) in [6.07, 6.45) is 0. The molecule has 0 bridgehead atoms. The number of benzene rings is 2. The van der Waals surface area contributed by atoms with E-state index >= 15 is 0 Å². The van der Waals surface area contributed by atoms with E-state index in [1.165, 1.54) is 24.3 Å². The number of nitrogen functional groups attached to an aromatic ring is 1. The van der Waals surface area contributed by atoms with Crippen LogP contribution in [0.3, 0.4) is 0 Å². The Hall–Kier alpha value is -1.52. The van der Waals surface area contributed by atoms with Gasteiger partial charge in [-0.1, -0.05) is 29.8 Å². The van der Waals surface area contributed by atoms with Gasteiger partial charge >= 0.3 is 0 Å². The first-order valence-corrected chi connectivity index (χ1v) is 6.73. The second-order valence-electron chi connectivity index (χ2n) is 3.50. The van der Waals surface area contributed by atoms with Crippen LogP contribution in [0, 0.1) is 0 Å². The van der Waals surface area contributed by atoms with Gasteiger partial charge in [0, 0.05) is 5.02 Å². The smallest absolute Gasteiger partial charge is 0.208 e. The first kappa shape index (κ1) is 12.0. The van der Waals surface area contributed by atoms with Crippen molar-refractivity contribution in [2.75, 3.05) is 5.73 Å². The molecule has 0 aromatic heterocycles. The van der Waals surface area contributed by atoms with Crippen molar-refractivity contribution >= 4 is 27.1 Å². The van der Waals surface area contributed by atoms with Crippen molar-refractivity contribution in [3.8, 4) is 0 Å². The van der Waals surface area contributed by atoms with Gasteiger partial charge in [0.05, 0.1) is 15.5 Å². The molecule has 0 saturated heterocycles. The van der Waals surface area contributed by atoms with Crippen molar-refractivity contribution in [1.82, 2.24) is 0 Å². The van der Waals surface area contributed by atoms with E-state index in [1.807, 2.05) is 0 Å². The van der Waals surface area contributed by atoms with E-state index in [1.54, 1.807) is 24.3 Å². The molecule has 2 rings (SSSR count). The Kier molecular flexibility index (Phi) is 3.09. The highest BCUT2D eigenvalue weighted by molar-refractivity contribution is 7.91. The summed E-state index contributed by atoms with van der Waals surface area (Å²) in [7, 11) is -3.60. The minimum Gasteiger partial charge on any atom is -0.398 e. The lowest BCUT2D eigenvalue weighted by Crippen LogP contribution is -2.05. The largest absolute Gasteiger partial charge is 0.398 e. The molecule has 0 saturated carbocycles. The van der Waals surface area contributed by atoms with Crippen LogP contribution in [-0.4, -0.2) is 8.42 Å². The summed E-state index contributed by atoms with van der Waals surface area (Å²) in [5, 5.41) is 0.341. The Morgan fingerprint density at radius 2 is 1.65 bits per heavy atom. The van der Waals surface area contributed by atoms with E-state index in [0.29, 0.717) is 5.02 Å². The quantitative estimate of drug-likeness (QED) is 0.851. The molecule has 3 nitrogen and oxygen atoms in total.